The summed E-state index contributed by atoms with van der Waals surface area (Å²) in [6.07, 6.45) is 0. The molecular weight excluding hydrogens is 288 g/mol. The lowest BCUT2D eigenvalue weighted by Gasteiger charge is -2.01. The molecule has 17 heavy (non-hydrogen) atoms. The molecule has 0 saturated heterocycles. The molecule has 1 rings (SSSR count). The van der Waals surface area contributed by atoms with Gasteiger partial charge in [0.25, 0.3) is 0 Å². The van der Waals surface area contributed by atoms with Crippen molar-refractivity contribution in [2.24, 2.45) is 32.9 Å². The Bertz CT molecular complexity index is 506. The van der Waals surface area contributed by atoms with Gasteiger partial charge in [-0.1, -0.05) is 0 Å². The van der Waals surface area contributed by atoms with Gasteiger partial charge in [0.2, 0.25) is 11.9 Å². The minimum Gasteiger partial charge on any atom is -0.370 e. The molecule has 0 heterocycles. The highest BCUT2D eigenvalue weighted by Gasteiger charge is 2.06. The average molecular weight is 299 g/mol. The van der Waals surface area contributed by atoms with Crippen molar-refractivity contribution in [1.82, 2.24) is 0 Å². The summed E-state index contributed by atoms with van der Waals surface area (Å²) in [5.74, 6) is -0.879. The predicted octanol–water partition coefficient (Wildman–Crippen LogP) is -0.232. The van der Waals surface area contributed by atoms with Crippen LogP contribution >= 0.6 is 15.9 Å². The first-order chi connectivity index (χ1) is 7.90. The fourth-order valence-corrected chi connectivity index (χ4v) is 1.50. The maximum absolute atomic E-state index is 11.1. The van der Waals surface area contributed by atoms with Crippen molar-refractivity contribution >= 4 is 39.4 Å². The van der Waals surface area contributed by atoms with Gasteiger partial charge in [0.1, 0.15) is 0 Å². The number of hydrogen-bond donors (Lipinski definition) is 4. The van der Waals surface area contributed by atoms with Crippen molar-refractivity contribution in [3.05, 3.63) is 28.2 Å². The maximum Gasteiger partial charge on any atom is 0.249 e. The van der Waals surface area contributed by atoms with Crippen molar-refractivity contribution in [1.29, 1.82) is 0 Å². The number of hydrogen-bond acceptors (Lipinski definition) is 2. The van der Waals surface area contributed by atoms with Crippen LogP contribution < -0.4 is 22.9 Å². The predicted molar refractivity (Wildman–Crippen MR) is 69.8 cm³/mol. The molecule has 0 unspecified atom stereocenters. The van der Waals surface area contributed by atoms with Gasteiger partial charge >= 0.3 is 0 Å². The zero-order valence-electron chi connectivity index (χ0n) is 8.72. The number of aliphatic imine (C=N–C) groups is 2. The second-order valence-electron chi connectivity index (χ2n) is 3.04. The summed E-state index contributed by atoms with van der Waals surface area (Å²) >= 11 is 3.19. The second-order valence-corrected chi connectivity index (χ2v) is 3.89. The number of carbonyl (C=O) groups excluding carboxylic acids is 1. The molecule has 1 aromatic rings. The summed E-state index contributed by atoms with van der Waals surface area (Å²) in [6, 6.07) is 4.73. The Morgan fingerprint density at radius 2 is 1.82 bits per heavy atom. The van der Waals surface area contributed by atoms with Gasteiger partial charge in [-0.3, -0.25) is 4.79 Å². The molecule has 0 aliphatic carbocycles. The quantitative estimate of drug-likeness (QED) is 0.441. The largest absolute Gasteiger partial charge is 0.370 e. The van der Waals surface area contributed by atoms with E-state index in [0.717, 1.165) is 0 Å². The first-order valence-corrected chi connectivity index (χ1v) is 5.22. The fourth-order valence-electron chi connectivity index (χ4n) is 1.06. The third-order valence-corrected chi connectivity index (χ3v) is 2.39. The molecule has 0 saturated carbocycles. The van der Waals surface area contributed by atoms with Gasteiger partial charge in [0.05, 0.1) is 11.3 Å². The number of halogens is 1. The Morgan fingerprint density at radius 1 is 1.18 bits per heavy atom. The zero-order valence-corrected chi connectivity index (χ0v) is 10.3. The van der Waals surface area contributed by atoms with Crippen LogP contribution in [0.25, 0.3) is 0 Å². The van der Waals surface area contributed by atoms with Gasteiger partial charge in [0, 0.05) is 4.47 Å². The first kappa shape index (κ1) is 13.0. The van der Waals surface area contributed by atoms with Crippen LogP contribution in [0.4, 0.5) is 5.69 Å². The summed E-state index contributed by atoms with van der Waals surface area (Å²) in [4.78, 5) is 18.5. The summed E-state index contributed by atoms with van der Waals surface area (Å²) in [5, 5.41) is 0. The van der Waals surface area contributed by atoms with Crippen molar-refractivity contribution in [2.45, 2.75) is 0 Å². The Hall–Kier alpha value is -2.09. The number of nitrogens with zero attached hydrogens (tertiary/aromatic N) is 2. The molecule has 0 fully saturated rings. The molecule has 0 atom stereocenters. The molecule has 0 spiro atoms. The van der Waals surface area contributed by atoms with Crippen LogP contribution in [-0.4, -0.2) is 17.8 Å². The van der Waals surface area contributed by atoms with E-state index in [9.17, 15) is 4.79 Å². The highest BCUT2D eigenvalue weighted by molar-refractivity contribution is 9.10. The van der Waals surface area contributed by atoms with E-state index in [1.165, 1.54) is 6.07 Å². The number of rotatable bonds is 2. The minimum atomic E-state index is -0.575. The molecule has 0 bridgehead atoms. The van der Waals surface area contributed by atoms with Gasteiger partial charge in [-0.25, -0.2) is 4.99 Å². The van der Waals surface area contributed by atoms with Gasteiger partial charge in [-0.05, 0) is 34.1 Å². The molecule has 7 nitrogen and oxygen atoms in total. The number of carbonyl (C=O) groups is 1. The van der Waals surface area contributed by atoms with Crippen LogP contribution in [0.15, 0.2) is 32.7 Å². The van der Waals surface area contributed by atoms with Crippen molar-refractivity contribution in [2.75, 3.05) is 0 Å². The average Bonchev–Trinajstić information content (AvgIpc) is 2.19. The molecule has 90 valence electrons. The SMILES string of the molecule is NC(=O)c1cc(N=C(N)N=C(N)N)ccc1Br. The topological polar surface area (TPSA) is 146 Å². The van der Waals surface area contributed by atoms with Crippen LogP contribution in [-0.2, 0) is 0 Å². The Morgan fingerprint density at radius 3 is 2.35 bits per heavy atom. The summed E-state index contributed by atoms with van der Waals surface area (Å²) < 4.78 is 0.573. The Kier molecular flexibility index (Phi) is 4.05. The third kappa shape index (κ3) is 3.76. The van der Waals surface area contributed by atoms with Crippen LogP contribution in [0.3, 0.4) is 0 Å². The molecule has 1 aromatic carbocycles. The molecule has 0 radical (unpaired) electrons. The molecular formula is C9H11BrN6O. The van der Waals surface area contributed by atoms with Crippen molar-refractivity contribution in [3.63, 3.8) is 0 Å². The number of nitrogens with two attached hydrogens (primary N) is 4. The lowest BCUT2D eigenvalue weighted by Crippen LogP contribution is -2.26. The highest BCUT2D eigenvalue weighted by atomic mass is 79.9. The second kappa shape index (κ2) is 5.30. The normalized spacial score (nSPS) is 11.0. The summed E-state index contributed by atoms with van der Waals surface area (Å²) in [7, 11) is 0. The van der Waals surface area contributed by atoms with Gasteiger partial charge in [-0.15, -0.1) is 0 Å². The monoisotopic (exact) mass is 298 g/mol. The van der Waals surface area contributed by atoms with Gasteiger partial charge in [0.15, 0.2) is 5.96 Å². The lowest BCUT2D eigenvalue weighted by atomic mass is 10.2. The van der Waals surface area contributed by atoms with E-state index in [1.807, 2.05) is 0 Å². The van der Waals surface area contributed by atoms with Crippen LogP contribution in [0.2, 0.25) is 0 Å². The summed E-state index contributed by atoms with van der Waals surface area (Å²) in [5.41, 5.74) is 21.6. The standard InChI is InChI=1S/C9H11BrN6O/c10-6-2-1-4(3-5(6)7(11)17)15-9(14)16-8(12)13/h1-3H,(H2,11,17)(H6,12,13,14,15,16). The van der Waals surface area contributed by atoms with Crippen molar-refractivity contribution in [3.8, 4) is 0 Å². The lowest BCUT2D eigenvalue weighted by molar-refractivity contribution is 0.0999. The Labute approximate surface area is 106 Å². The molecule has 0 aliphatic heterocycles. The number of primary amides is 1. The van der Waals surface area contributed by atoms with Crippen LogP contribution in [0.1, 0.15) is 10.4 Å². The zero-order chi connectivity index (χ0) is 13.0. The summed E-state index contributed by atoms with van der Waals surface area (Å²) in [6.45, 7) is 0. The molecule has 8 N–H and O–H groups in total. The van der Waals surface area contributed by atoms with E-state index in [1.54, 1.807) is 12.1 Å². The first-order valence-electron chi connectivity index (χ1n) is 4.43. The van der Waals surface area contributed by atoms with Crippen LogP contribution in [0, 0.1) is 0 Å². The highest BCUT2D eigenvalue weighted by Crippen LogP contribution is 2.22. The molecule has 0 aliphatic rings. The van der Waals surface area contributed by atoms with Crippen molar-refractivity contribution < 1.29 is 4.79 Å². The van der Waals surface area contributed by atoms with E-state index in [4.69, 9.17) is 22.9 Å². The Balaban J connectivity index is 3.13. The third-order valence-electron chi connectivity index (χ3n) is 1.70. The maximum atomic E-state index is 11.1. The molecule has 8 heteroatoms. The smallest absolute Gasteiger partial charge is 0.249 e. The van der Waals surface area contributed by atoms with E-state index in [2.05, 4.69) is 25.9 Å². The molecule has 0 aromatic heterocycles. The van der Waals surface area contributed by atoms with E-state index in [-0.39, 0.29) is 11.9 Å². The van der Waals surface area contributed by atoms with Crippen LogP contribution in [0.5, 0.6) is 0 Å². The van der Waals surface area contributed by atoms with E-state index >= 15 is 0 Å². The minimum absolute atomic E-state index is 0.109. The number of guanidine groups is 2. The molecule has 1 amide bonds. The van der Waals surface area contributed by atoms with E-state index < -0.39 is 5.91 Å². The number of benzene rings is 1. The fraction of sp³-hybridized carbons (Fsp3) is 0. The van der Waals surface area contributed by atoms with Gasteiger partial charge < -0.3 is 22.9 Å². The van der Waals surface area contributed by atoms with E-state index in [0.29, 0.717) is 15.7 Å². The number of amides is 1. The van der Waals surface area contributed by atoms with Gasteiger partial charge in [-0.2, -0.15) is 4.99 Å².